The molecule has 1 saturated carbocycles. The average Bonchev–Trinajstić information content (AvgIpc) is 2.19. The third kappa shape index (κ3) is 2.38. The van der Waals surface area contributed by atoms with Crippen LogP contribution >= 0.6 is 15.9 Å². The fourth-order valence-corrected chi connectivity index (χ4v) is 2.34. The lowest BCUT2D eigenvalue weighted by molar-refractivity contribution is 0.0896. The van der Waals surface area contributed by atoms with Crippen molar-refractivity contribution in [2.24, 2.45) is 5.92 Å². The molecule has 0 spiro atoms. The van der Waals surface area contributed by atoms with Crippen molar-refractivity contribution >= 4 is 27.5 Å². The maximum absolute atomic E-state index is 11.8. The van der Waals surface area contributed by atoms with E-state index < -0.39 is 0 Å². The van der Waals surface area contributed by atoms with Crippen LogP contribution in [0.2, 0.25) is 0 Å². The minimum Gasteiger partial charge on any atom is -0.398 e. The number of halogens is 1. The van der Waals surface area contributed by atoms with Gasteiger partial charge < -0.3 is 11.1 Å². The maximum Gasteiger partial charge on any atom is 0.251 e. The van der Waals surface area contributed by atoms with E-state index >= 15 is 0 Å². The van der Waals surface area contributed by atoms with Crippen molar-refractivity contribution in [2.45, 2.75) is 25.8 Å². The van der Waals surface area contributed by atoms with E-state index in [4.69, 9.17) is 5.73 Å². The van der Waals surface area contributed by atoms with Crippen molar-refractivity contribution in [3.05, 3.63) is 28.2 Å². The third-order valence-electron chi connectivity index (χ3n) is 2.97. The Morgan fingerprint density at radius 2 is 2.19 bits per heavy atom. The van der Waals surface area contributed by atoms with Gasteiger partial charge in [-0.1, -0.05) is 6.92 Å². The quantitative estimate of drug-likeness (QED) is 0.820. The first-order chi connectivity index (χ1) is 7.56. The van der Waals surface area contributed by atoms with Gasteiger partial charge in [-0.05, 0) is 52.9 Å². The second kappa shape index (κ2) is 4.45. The molecule has 1 fully saturated rings. The Balaban J connectivity index is 2.01. The van der Waals surface area contributed by atoms with Crippen LogP contribution < -0.4 is 11.1 Å². The first-order valence-corrected chi connectivity index (χ1v) is 6.21. The van der Waals surface area contributed by atoms with Crippen LogP contribution in [0.3, 0.4) is 0 Å². The zero-order chi connectivity index (χ0) is 11.7. The predicted octanol–water partition coefficient (Wildman–Crippen LogP) is 2.56. The summed E-state index contributed by atoms with van der Waals surface area (Å²) in [6, 6.07) is 5.59. The van der Waals surface area contributed by atoms with Gasteiger partial charge in [0.15, 0.2) is 0 Å². The minimum absolute atomic E-state index is 0.0161. The molecule has 0 aromatic heterocycles. The van der Waals surface area contributed by atoms with E-state index in [2.05, 4.69) is 28.2 Å². The summed E-state index contributed by atoms with van der Waals surface area (Å²) in [4.78, 5) is 11.8. The van der Waals surface area contributed by atoms with Crippen LogP contribution in [0.15, 0.2) is 22.7 Å². The van der Waals surface area contributed by atoms with Crippen LogP contribution in [0.4, 0.5) is 5.69 Å². The molecule has 86 valence electrons. The average molecular weight is 283 g/mol. The number of rotatable bonds is 2. The van der Waals surface area contributed by atoms with Crippen LogP contribution in [0.25, 0.3) is 0 Å². The smallest absolute Gasteiger partial charge is 0.251 e. The van der Waals surface area contributed by atoms with Gasteiger partial charge in [0.05, 0.1) is 0 Å². The molecule has 1 aliphatic rings. The van der Waals surface area contributed by atoms with Gasteiger partial charge in [-0.2, -0.15) is 0 Å². The molecule has 16 heavy (non-hydrogen) atoms. The fraction of sp³-hybridized carbons (Fsp3) is 0.417. The second-order valence-corrected chi connectivity index (χ2v) is 5.34. The van der Waals surface area contributed by atoms with E-state index in [-0.39, 0.29) is 5.91 Å². The number of benzene rings is 1. The number of carbonyl (C=O) groups is 1. The van der Waals surface area contributed by atoms with Crippen LogP contribution in [0.1, 0.15) is 30.1 Å². The Labute approximate surface area is 104 Å². The van der Waals surface area contributed by atoms with Gasteiger partial charge in [0.1, 0.15) is 0 Å². The van der Waals surface area contributed by atoms with Crippen molar-refractivity contribution in [1.29, 1.82) is 0 Å². The van der Waals surface area contributed by atoms with Crippen LogP contribution in [0.5, 0.6) is 0 Å². The molecule has 0 saturated heterocycles. The lowest BCUT2D eigenvalue weighted by atomic mass is 9.82. The summed E-state index contributed by atoms with van der Waals surface area (Å²) in [7, 11) is 0. The summed E-state index contributed by atoms with van der Waals surface area (Å²) in [5.41, 5.74) is 6.97. The van der Waals surface area contributed by atoms with E-state index in [0.717, 1.165) is 23.2 Å². The van der Waals surface area contributed by atoms with E-state index in [1.54, 1.807) is 18.2 Å². The normalized spacial score (nSPS) is 23.6. The zero-order valence-corrected chi connectivity index (χ0v) is 10.8. The molecule has 3 N–H and O–H groups in total. The third-order valence-corrected chi connectivity index (χ3v) is 3.66. The molecule has 0 bridgehead atoms. The minimum atomic E-state index is -0.0161. The van der Waals surface area contributed by atoms with Gasteiger partial charge >= 0.3 is 0 Å². The number of nitrogens with one attached hydrogen (secondary N) is 1. The molecule has 2 rings (SSSR count). The Kier molecular flexibility index (Phi) is 3.19. The first kappa shape index (κ1) is 11.5. The molecule has 1 aromatic rings. The highest BCUT2D eigenvalue weighted by Gasteiger charge is 2.26. The number of amides is 1. The molecule has 1 aromatic carbocycles. The highest BCUT2D eigenvalue weighted by Crippen LogP contribution is 2.27. The summed E-state index contributed by atoms with van der Waals surface area (Å²) < 4.78 is 0.766. The second-order valence-electron chi connectivity index (χ2n) is 4.48. The molecule has 1 aliphatic carbocycles. The summed E-state index contributed by atoms with van der Waals surface area (Å²) in [5, 5.41) is 3.01. The summed E-state index contributed by atoms with van der Waals surface area (Å²) in [5.74, 6) is 0.723. The molecular weight excluding hydrogens is 268 g/mol. The Hall–Kier alpha value is -1.03. The summed E-state index contributed by atoms with van der Waals surface area (Å²) in [6.07, 6.45) is 2.17. The first-order valence-electron chi connectivity index (χ1n) is 5.42. The molecule has 0 heterocycles. The standard InChI is InChI=1S/C12H15BrN2O/c1-7-4-9(5-7)15-12(16)8-2-3-11(14)10(13)6-8/h2-3,6-7,9H,4-5,14H2,1H3,(H,15,16). The summed E-state index contributed by atoms with van der Waals surface area (Å²) in [6.45, 7) is 2.20. The Bertz CT molecular complexity index is 413. The van der Waals surface area contributed by atoms with Crippen molar-refractivity contribution in [2.75, 3.05) is 5.73 Å². The highest BCUT2D eigenvalue weighted by molar-refractivity contribution is 9.10. The SMILES string of the molecule is CC1CC(NC(=O)c2ccc(N)c(Br)c2)C1. The number of nitrogen functional groups attached to an aromatic ring is 1. The Morgan fingerprint density at radius 3 is 2.75 bits per heavy atom. The molecule has 3 nitrogen and oxygen atoms in total. The number of nitrogens with two attached hydrogens (primary N) is 1. The van der Waals surface area contributed by atoms with E-state index in [0.29, 0.717) is 17.3 Å². The van der Waals surface area contributed by atoms with Gasteiger partial charge in [-0.25, -0.2) is 0 Å². The lowest BCUT2D eigenvalue weighted by Crippen LogP contribution is -2.43. The monoisotopic (exact) mass is 282 g/mol. The largest absolute Gasteiger partial charge is 0.398 e. The number of hydrogen-bond donors (Lipinski definition) is 2. The van der Waals surface area contributed by atoms with Crippen LogP contribution in [0, 0.1) is 5.92 Å². The fourth-order valence-electron chi connectivity index (χ4n) is 1.96. The van der Waals surface area contributed by atoms with E-state index in [1.165, 1.54) is 0 Å². The topological polar surface area (TPSA) is 55.1 Å². The lowest BCUT2D eigenvalue weighted by Gasteiger charge is -2.33. The van der Waals surface area contributed by atoms with Gasteiger partial charge in [-0.15, -0.1) is 0 Å². The highest BCUT2D eigenvalue weighted by atomic mass is 79.9. The van der Waals surface area contributed by atoms with Gasteiger partial charge in [0.2, 0.25) is 0 Å². The van der Waals surface area contributed by atoms with E-state index in [9.17, 15) is 4.79 Å². The zero-order valence-electron chi connectivity index (χ0n) is 9.16. The number of anilines is 1. The maximum atomic E-state index is 11.8. The molecule has 0 aliphatic heterocycles. The molecule has 4 heteroatoms. The molecular formula is C12H15BrN2O. The van der Waals surface area contributed by atoms with E-state index in [1.807, 2.05) is 0 Å². The van der Waals surface area contributed by atoms with Crippen molar-refractivity contribution in [3.8, 4) is 0 Å². The van der Waals surface area contributed by atoms with Crippen molar-refractivity contribution < 1.29 is 4.79 Å². The van der Waals surface area contributed by atoms with Gasteiger partial charge in [0, 0.05) is 21.8 Å². The van der Waals surface area contributed by atoms with Crippen molar-refractivity contribution in [1.82, 2.24) is 5.32 Å². The van der Waals surface area contributed by atoms with Crippen molar-refractivity contribution in [3.63, 3.8) is 0 Å². The van der Waals surface area contributed by atoms with Gasteiger partial charge in [0.25, 0.3) is 5.91 Å². The van der Waals surface area contributed by atoms with Crippen LogP contribution in [-0.2, 0) is 0 Å². The molecule has 0 radical (unpaired) electrons. The number of hydrogen-bond acceptors (Lipinski definition) is 2. The number of carbonyl (C=O) groups excluding carboxylic acids is 1. The predicted molar refractivity (Wildman–Crippen MR) is 68.2 cm³/mol. The molecule has 0 atom stereocenters. The summed E-state index contributed by atoms with van der Waals surface area (Å²) >= 11 is 3.32. The molecule has 1 amide bonds. The van der Waals surface area contributed by atoms with Crippen LogP contribution in [-0.4, -0.2) is 11.9 Å². The van der Waals surface area contributed by atoms with Gasteiger partial charge in [-0.3, -0.25) is 4.79 Å². The Morgan fingerprint density at radius 1 is 1.50 bits per heavy atom. The molecule has 0 unspecified atom stereocenters.